The fraction of sp³-hybridized carbons (Fsp3) is 0.895. The molecule has 0 unspecified atom stereocenters. The summed E-state index contributed by atoms with van der Waals surface area (Å²) in [6.45, 7) is 13.4. The van der Waals surface area contributed by atoms with Gasteiger partial charge in [-0.2, -0.15) is 5.26 Å². The van der Waals surface area contributed by atoms with E-state index in [0.717, 1.165) is 58.3 Å². The predicted octanol–water partition coefficient (Wildman–Crippen LogP) is 0.706. The summed E-state index contributed by atoms with van der Waals surface area (Å²) in [4.78, 5) is 21.7. The average Bonchev–Trinajstić information content (AvgIpc) is 3.41. The van der Waals surface area contributed by atoms with Gasteiger partial charge in [-0.25, -0.2) is 0 Å². The van der Waals surface area contributed by atoms with Gasteiger partial charge in [0.1, 0.15) is 6.04 Å². The fourth-order valence-electron chi connectivity index (χ4n) is 3.99. The highest BCUT2D eigenvalue weighted by Gasteiger charge is 2.30. The highest BCUT2D eigenvalue weighted by atomic mass is 16.2. The summed E-state index contributed by atoms with van der Waals surface area (Å²) >= 11 is 0. The van der Waals surface area contributed by atoms with Crippen LogP contribution in [0.5, 0.6) is 0 Å². The fourth-order valence-corrected chi connectivity index (χ4v) is 3.99. The Morgan fingerprint density at radius 1 is 1.00 bits per heavy atom. The zero-order valence-corrected chi connectivity index (χ0v) is 15.9. The molecule has 6 heteroatoms. The van der Waals surface area contributed by atoms with E-state index in [9.17, 15) is 10.1 Å². The summed E-state index contributed by atoms with van der Waals surface area (Å²) in [5, 5.41) is 9.34. The Labute approximate surface area is 152 Å². The van der Waals surface area contributed by atoms with Crippen molar-refractivity contribution in [1.82, 2.24) is 19.6 Å². The number of hydrogen-bond acceptors (Lipinski definition) is 5. The molecule has 0 N–H and O–H groups in total. The van der Waals surface area contributed by atoms with Gasteiger partial charge >= 0.3 is 0 Å². The molecule has 1 saturated carbocycles. The van der Waals surface area contributed by atoms with Crippen molar-refractivity contribution in [1.29, 1.82) is 5.26 Å². The first-order valence-corrected chi connectivity index (χ1v) is 9.93. The third kappa shape index (κ3) is 5.16. The van der Waals surface area contributed by atoms with Crippen LogP contribution in [-0.4, -0.2) is 97.0 Å². The second-order valence-corrected chi connectivity index (χ2v) is 8.25. The molecule has 2 heterocycles. The van der Waals surface area contributed by atoms with Crippen LogP contribution in [0.15, 0.2) is 0 Å². The lowest BCUT2D eigenvalue weighted by Gasteiger charge is -2.39. The van der Waals surface area contributed by atoms with Crippen LogP contribution < -0.4 is 0 Å². The Kier molecular flexibility index (Phi) is 6.32. The summed E-state index contributed by atoms with van der Waals surface area (Å²) < 4.78 is 0. The molecule has 0 aromatic heterocycles. The van der Waals surface area contributed by atoms with E-state index in [-0.39, 0.29) is 11.9 Å². The van der Waals surface area contributed by atoms with Gasteiger partial charge in [0, 0.05) is 58.9 Å². The molecule has 0 aromatic rings. The molecule has 3 fully saturated rings. The first-order chi connectivity index (χ1) is 12.1. The van der Waals surface area contributed by atoms with Crippen LogP contribution in [0.1, 0.15) is 26.7 Å². The minimum atomic E-state index is -0.0307. The van der Waals surface area contributed by atoms with Crippen molar-refractivity contribution < 1.29 is 4.79 Å². The Balaban J connectivity index is 1.37. The first-order valence-electron chi connectivity index (χ1n) is 9.93. The van der Waals surface area contributed by atoms with Crippen LogP contribution in [0.4, 0.5) is 0 Å². The van der Waals surface area contributed by atoms with Gasteiger partial charge in [-0.3, -0.25) is 14.6 Å². The molecule has 2 saturated heterocycles. The molecule has 25 heavy (non-hydrogen) atoms. The summed E-state index contributed by atoms with van der Waals surface area (Å²) in [7, 11) is 0. The number of carbonyl (C=O) groups excluding carboxylic acids is 1. The predicted molar refractivity (Wildman–Crippen MR) is 98.0 cm³/mol. The molecule has 1 aliphatic carbocycles. The smallest absolute Gasteiger partial charge is 0.236 e. The van der Waals surface area contributed by atoms with Crippen LogP contribution in [0.25, 0.3) is 0 Å². The summed E-state index contributed by atoms with van der Waals surface area (Å²) in [5.74, 6) is 1.54. The van der Waals surface area contributed by atoms with Gasteiger partial charge in [-0.05, 0) is 24.7 Å². The van der Waals surface area contributed by atoms with Gasteiger partial charge in [0.2, 0.25) is 5.91 Å². The maximum Gasteiger partial charge on any atom is 0.236 e. The number of nitrogens with zero attached hydrogens (tertiary/aromatic N) is 5. The lowest BCUT2D eigenvalue weighted by molar-refractivity contribution is -0.134. The maximum atomic E-state index is 12.6. The molecule has 140 valence electrons. The van der Waals surface area contributed by atoms with Crippen molar-refractivity contribution in [3.63, 3.8) is 0 Å². The average molecular weight is 348 g/mol. The Morgan fingerprint density at radius 2 is 1.60 bits per heavy atom. The van der Waals surface area contributed by atoms with E-state index in [4.69, 9.17) is 0 Å². The molecule has 0 bridgehead atoms. The monoisotopic (exact) mass is 347 g/mol. The number of hydrogen-bond donors (Lipinski definition) is 0. The van der Waals surface area contributed by atoms with Crippen molar-refractivity contribution >= 4 is 5.91 Å². The summed E-state index contributed by atoms with van der Waals surface area (Å²) in [6, 6.07) is 2.38. The third-order valence-corrected chi connectivity index (χ3v) is 5.86. The second-order valence-electron chi connectivity index (χ2n) is 8.25. The molecule has 6 nitrogen and oxygen atoms in total. The molecule has 3 aliphatic rings. The standard InChI is InChI=1S/C19H33N5O/c1-16(2)18(13-20)23-9-11-24(12-10-23)19(25)15-22-7-5-21(6-8-22)14-17-3-4-17/h16-18H,3-12,14-15H2,1-2H3/t18-/m1/s1. The Bertz CT molecular complexity index is 483. The molecule has 1 amide bonds. The van der Waals surface area contributed by atoms with Crippen molar-refractivity contribution in [2.24, 2.45) is 11.8 Å². The van der Waals surface area contributed by atoms with E-state index in [1.807, 2.05) is 4.90 Å². The van der Waals surface area contributed by atoms with Gasteiger partial charge in [0.15, 0.2) is 0 Å². The largest absolute Gasteiger partial charge is 0.339 e. The van der Waals surface area contributed by atoms with Gasteiger partial charge in [-0.1, -0.05) is 13.8 Å². The van der Waals surface area contributed by atoms with Gasteiger partial charge in [0.25, 0.3) is 0 Å². The first kappa shape index (κ1) is 18.6. The van der Waals surface area contributed by atoms with E-state index in [1.54, 1.807) is 0 Å². The Hall–Kier alpha value is -1.16. The second kappa shape index (κ2) is 8.48. The van der Waals surface area contributed by atoms with E-state index in [0.29, 0.717) is 12.5 Å². The highest BCUT2D eigenvalue weighted by molar-refractivity contribution is 5.78. The topological polar surface area (TPSA) is 53.8 Å². The SMILES string of the molecule is CC(C)[C@@H](C#N)N1CCN(C(=O)CN2CCN(CC3CC3)CC2)CC1. The van der Waals surface area contributed by atoms with E-state index < -0.39 is 0 Å². The number of carbonyl (C=O) groups is 1. The minimum Gasteiger partial charge on any atom is -0.339 e. The number of amides is 1. The van der Waals surface area contributed by atoms with Crippen LogP contribution in [0.2, 0.25) is 0 Å². The molecule has 0 radical (unpaired) electrons. The van der Waals surface area contributed by atoms with Crippen LogP contribution >= 0.6 is 0 Å². The van der Waals surface area contributed by atoms with Crippen molar-refractivity contribution in [3.8, 4) is 6.07 Å². The summed E-state index contributed by atoms with van der Waals surface area (Å²) in [5.41, 5.74) is 0. The van der Waals surface area contributed by atoms with Gasteiger partial charge < -0.3 is 9.80 Å². The van der Waals surface area contributed by atoms with Crippen molar-refractivity contribution in [2.75, 3.05) is 65.4 Å². The normalized spacial score (nSPS) is 25.1. The molecule has 0 spiro atoms. The minimum absolute atomic E-state index is 0.0307. The number of rotatable bonds is 6. The van der Waals surface area contributed by atoms with E-state index in [2.05, 4.69) is 34.6 Å². The van der Waals surface area contributed by atoms with Crippen LogP contribution in [0, 0.1) is 23.2 Å². The number of piperazine rings is 2. The molecular formula is C19H33N5O. The lowest BCUT2D eigenvalue weighted by atomic mass is 10.0. The third-order valence-electron chi connectivity index (χ3n) is 5.86. The maximum absolute atomic E-state index is 12.6. The lowest BCUT2D eigenvalue weighted by Crippen LogP contribution is -2.55. The number of nitriles is 1. The molecule has 0 aromatic carbocycles. The van der Waals surface area contributed by atoms with Crippen LogP contribution in [0.3, 0.4) is 0 Å². The van der Waals surface area contributed by atoms with Gasteiger partial charge in [0.05, 0.1) is 12.6 Å². The quantitative estimate of drug-likeness (QED) is 0.708. The molecular weight excluding hydrogens is 314 g/mol. The molecule has 2 aliphatic heterocycles. The van der Waals surface area contributed by atoms with Crippen molar-refractivity contribution in [3.05, 3.63) is 0 Å². The molecule has 1 atom stereocenters. The van der Waals surface area contributed by atoms with Gasteiger partial charge in [-0.15, -0.1) is 0 Å². The van der Waals surface area contributed by atoms with E-state index in [1.165, 1.54) is 19.4 Å². The van der Waals surface area contributed by atoms with E-state index >= 15 is 0 Å². The molecule has 3 rings (SSSR count). The highest BCUT2D eigenvalue weighted by Crippen LogP contribution is 2.29. The zero-order valence-electron chi connectivity index (χ0n) is 15.9. The summed E-state index contributed by atoms with van der Waals surface area (Å²) in [6.07, 6.45) is 2.82. The van der Waals surface area contributed by atoms with Crippen LogP contribution in [-0.2, 0) is 4.79 Å². The zero-order chi connectivity index (χ0) is 17.8. The van der Waals surface area contributed by atoms with Crippen molar-refractivity contribution in [2.45, 2.75) is 32.7 Å². The Morgan fingerprint density at radius 3 is 2.12 bits per heavy atom.